The molecule has 1 aromatic heterocycles. The Kier molecular flexibility index (Phi) is 6.96. The molecule has 8 nitrogen and oxygen atoms in total. The molecule has 2 heterocycles. The van der Waals surface area contributed by atoms with Crippen molar-refractivity contribution in [2.75, 3.05) is 44.7 Å². The predicted molar refractivity (Wildman–Crippen MR) is 137 cm³/mol. The van der Waals surface area contributed by atoms with E-state index in [0.29, 0.717) is 47.3 Å². The van der Waals surface area contributed by atoms with Crippen LogP contribution in [0.1, 0.15) is 12.0 Å². The Labute approximate surface area is 204 Å². The third-order valence-corrected chi connectivity index (χ3v) is 6.31. The van der Waals surface area contributed by atoms with Gasteiger partial charge in [-0.25, -0.2) is 8.42 Å². The Bertz CT molecular complexity index is 1480. The van der Waals surface area contributed by atoms with E-state index in [1.165, 1.54) is 6.26 Å². The van der Waals surface area contributed by atoms with Gasteiger partial charge in [-0.2, -0.15) is 0 Å². The number of sulfonamides is 1. The second-order valence-corrected chi connectivity index (χ2v) is 10.7. The zero-order chi connectivity index (χ0) is 25.2. The highest BCUT2D eigenvalue weighted by Gasteiger charge is 2.28. The van der Waals surface area contributed by atoms with Crippen LogP contribution in [-0.4, -0.2) is 64.1 Å². The smallest absolute Gasteiger partial charge is 0.229 e. The summed E-state index contributed by atoms with van der Waals surface area (Å²) in [6, 6.07) is 11.7. The molecule has 35 heavy (non-hydrogen) atoms. The molecule has 9 heteroatoms. The van der Waals surface area contributed by atoms with Crippen molar-refractivity contribution in [1.29, 1.82) is 0 Å². The molecule has 0 aliphatic carbocycles. The van der Waals surface area contributed by atoms with Crippen LogP contribution in [0.5, 0.6) is 0 Å². The quantitative estimate of drug-likeness (QED) is 0.530. The second-order valence-electron chi connectivity index (χ2n) is 8.96. The normalized spacial score (nSPS) is 13.9. The number of rotatable bonds is 6. The monoisotopic (exact) mass is 493 g/mol. The first-order valence-electron chi connectivity index (χ1n) is 11.2. The van der Waals surface area contributed by atoms with E-state index in [1.807, 2.05) is 23.9 Å². The Hall–Kier alpha value is -3.61. The first-order chi connectivity index (χ1) is 16.6. The highest BCUT2D eigenvalue weighted by atomic mass is 32.2. The number of fused-ring (bicyclic) bond motifs is 1. The van der Waals surface area contributed by atoms with Crippen LogP contribution in [0, 0.1) is 17.8 Å². The minimum atomic E-state index is -3.38. The molecule has 0 radical (unpaired) electrons. The van der Waals surface area contributed by atoms with E-state index in [-0.39, 0.29) is 17.3 Å². The SMILES string of the molecule is CN(C)CCC(=O)N1CC(C#Cc2ccc3c(=O)c(-c4ccc(NS(C)(=O)=O)cc4)coc3c2)C1. The van der Waals surface area contributed by atoms with Gasteiger partial charge in [0.25, 0.3) is 0 Å². The maximum Gasteiger partial charge on any atom is 0.229 e. The summed E-state index contributed by atoms with van der Waals surface area (Å²) in [5.74, 6) is 6.62. The van der Waals surface area contributed by atoms with Crippen molar-refractivity contribution in [3.8, 4) is 23.0 Å². The van der Waals surface area contributed by atoms with Gasteiger partial charge in [0.1, 0.15) is 11.8 Å². The fourth-order valence-corrected chi connectivity index (χ4v) is 4.34. The van der Waals surface area contributed by atoms with Gasteiger partial charge >= 0.3 is 0 Å². The minimum absolute atomic E-state index is 0.142. The number of amides is 1. The summed E-state index contributed by atoms with van der Waals surface area (Å²) in [6.07, 6.45) is 3.00. The Morgan fingerprint density at radius 1 is 1.17 bits per heavy atom. The molecule has 0 saturated carbocycles. The summed E-state index contributed by atoms with van der Waals surface area (Å²) in [6.45, 7) is 2.02. The Morgan fingerprint density at radius 3 is 2.54 bits per heavy atom. The van der Waals surface area contributed by atoms with Gasteiger partial charge in [0.2, 0.25) is 15.9 Å². The van der Waals surface area contributed by atoms with E-state index in [9.17, 15) is 18.0 Å². The lowest BCUT2D eigenvalue weighted by molar-refractivity contribution is -0.136. The molecule has 0 unspecified atom stereocenters. The molecule has 1 aliphatic heterocycles. The van der Waals surface area contributed by atoms with Crippen LogP contribution in [0.25, 0.3) is 22.1 Å². The predicted octanol–water partition coefficient (Wildman–Crippen LogP) is 2.59. The molecule has 1 fully saturated rings. The molecule has 0 spiro atoms. The largest absolute Gasteiger partial charge is 0.463 e. The van der Waals surface area contributed by atoms with Gasteiger partial charge in [0.05, 0.1) is 23.1 Å². The standard InChI is InChI=1S/C26H27N3O5S/c1-28(2)13-12-25(30)29-15-19(16-29)5-4-18-6-11-22-24(14-18)34-17-23(26(22)31)20-7-9-21(10-8-20)27-35(3,32)33/h6-11,14,17,19,27H,12-13,15-16H2,1-3H3. The number of likely N-dealkylation sites (tertiary alicyclic amines) is 1. The number of hydrogen-bond donors (Lipinski definition) is 1. The fourth-order valence-electron chi connectivity index (χ4n) is 3.77. The van der Waals surface area contributed by atoms with Crippen LogP contribution in [0.2, 0.25) is 0 Å². The molecule has 1 amide bonds. The van der Waals surface area contributed by atoms with Crippen LogP contribution in [0.4, 0.5) is 5.69 Å². The lowest BCUT2D eigenvalue weighted by Crippen LogP contribution is -2.49. The maximum absolute atomic E-state index is 13.0. The number of carbonyl (C=O) groups is 1. The molecule has 0 atom stereocenters. The van der Waals surface area contributed by atoms with E-state index in [1.54, 1.807) is 42.5 Å². The number of nitrogens with zero attached hydrogens (tertiary/aromatic N) is 2. The third kappa shape index (κ3) is 6.10. The topological polar surface area (TPSA) is 99.9 Å². The Morgan fingerprint density at radius 2 is 1.89 bits per heavy atom. The van der Waals surface area contributed by atoms with Crippen LogP contribution in [-0.2, 0) is 14.8 Å². The zero-order valence-corrected chi connectivity index (χ0v) is 20.7. The van der Waals surface area contributed by atoms with Gasteiger partial charge in [0.15, 0.2) is 5.43 Å². The summed E-state index contributed by atoms with van der Waals surface area (Å²) in [4.78, 5) is 29.0. The van der Waals surface area contributed by atoms with Gasteiger partial charge in [-0.3, -0.25) is 14.3 Å². The Balaban J connectivity index is 1.45. The second kappa shape index (κ2) is 9.94. The lowest BCUT2D eigenvalue weighted by atomic mass is 9.99. The number of hydrogen-bond acceptors (Lipinski definition) is 6. The number of benzene rings is 2. The summed E-state index contributed by atoms with van der Waals surface area (Å²) < 4.78 is 30.9. The average Bonchev–Trinajstić information content (AvgIpc) is 2.76. The first-order valence-corrected chi connectivity index (χ1v) is 13.1. The van der Waals surface area contributed by atoms with E-state index in [4.69, 9.17) is 4.42 Å². The van der Waals surface area contributed by atoms with Gasteiger partial charge in [0, 0.05) is 37.3 Å². The highest BCUT2D eigenvalue weighted by Crippen LogP contribution is 2.23. The van der Waals surface area contributed by atoms with Gasteiger partial charge in [-0.1, -0.05) is 24.0 Å². The molecule has 2 aromatic carbocycles. The van der Waals surface area contributed by atoms with Crippen LogP contribution >= 0.6 is 0 Å². The van der Waals surface area contributed by atoms with Gasteiger partial charge < -0.3 is 14.2 Å². The van der Waals surface area contributed by atoms with Crippen LogP contribution < -0.4 is 10.2 Å². The highest BCUT2D eigenvalue weighted by molar-refractivity contribution is 7.92. The van der Waals surface area contributed by atoms with Crippen molar-refractivity contribution in [1.82, 2.24) is 9.80 Å². The maximum atomic E-state index is 13.0. The van der Waals surface area contributed by atoms with Crippen molar-refractivity contribution in [3.05, 3.63) is 64.5 Å². The van der Waals surface area contributed by atoms with E-state index in [0.717, 1.165) is 18.4 Å². The molecule has 182 valence electrons. The number of anilines is 1. The summed E-state index contributed by atoms with van der Waals surface area (Å²) >= 11 is 0. The zero-order valence-electron chi connectivity index (χ0n) is 19.9. The van der Waals surface area contributed by atoms with Crippen molar-refractivity contribution >= 4 is 32.6 Å². The minimum Gasteiger partial charge on any atom is -0.463 e. The van der Waals surface area contributed by atoms with E-state index in [2.05, 4.69) is 16.6 Å². The molecule has 3 aromatic rings. The summed E-state index contributed by atoms with van der Waals surface area (Å²) in [7, 11) is 0.518. The fraction of sp³-hybridized carbons (Fsp3) is 0.308. The van der Waals surface area contributed by atoms with E-state index < -0.39 is 10.0 Å². The van der Waals surface area contributed by atoms with E-state index >= 15 is 0 Å². The number of carbonyl (C=O) groups excluding carboxylic acids is 1. The molecule has 1 N–H and O–H groups in total. The molecule has 1 aliphatic rings. The lowest BCUT2D eigenvalue weighted by Gasteiger charge is -2.36. The van der Waals surface area contributed by atoms with Gasteiger partial charge in [-0.05, 0) is 50.0 Å². The molecule has 4 rings (SSSR count). The van der Waals surface area contributed by atoms with Crippen LogP contribution in [0.15, 0.2) is 57.9 Å². The van der Waals surface area contributed by atoms with Crippen molar-refractivity contribution in [2.45, 2.75) is 6.42 Å². The van der Waals surface area contributed by atoms with Crippen LogP contribution in [0.3, 0.4) is 0 Å². The van der Waals surface area contributed by atoms with Crippen molar-refractivity contribution < 1.29 is 17.6 Å². The van der Waals surface area contributed by atoms with Gasteiger partial charge in [-0.15, -0.1) is 0 Å². The third-order valence-electron chi connectivity index (χ3n) is 5.70. The molecular weight excluding hydrogens is 466 g/mol. The molecule has 0 bridgehead atoms. The summed E-state index contributed by atoms with van der Waals surface area (Å²) in [5.41, 5.74) is 2.42. The van der Waals surface area contributed by atoms with Crippen molar-refractivity contribution in [3.63, 3.8) is 0 Å². The van der Waals surface area contributed by atoms with Crippen molar-refractivity contribution in [2.24, 2.45) is 5.92 Å². The average molecular weight is 494 g/mol. The molecular formula is C26H27N3O5S. The summed E-state index contributed by atoms with van der Waals surface area (Å²) in [5, 5.41) is 0.438. The molecule has 1 saturated heterocycles. The first kappa shape index (κ1) is 24.5. The number of nitrogens with one attached hydrogen (secondary N) is 1.